The van der Waals surface area contributed by atoms with Crippen LogP contribution in [-0.4, -0.2) is 31.7 Å². The molecule has 0 aliphatic carbocycles. The lowest BCUT2D eigenvalue weighted by molar-refractivity contribution is -0.143. The molecule has 0 aromatic heterocycles. The highest BCUT2D eigenvalue weighted by molar-refractivity contribution is 5.91. The monoisotopic (exact) mass is 439 g/mol. The van der Waals surface area contributed by atoms with Crippen molar-refractivity contribution in [3.63, 3.8) is 0 Å². The van der Waals surface area contributed by atoms with Crippen LogP contribution in [0.5, 0.6) is 11.5 Å². The maximum Gasteiger partial charge on any atom is 0.305 e. The molecule has 172 valence electrons. The minimum atomic E-state index is -0.240. The van der Waals surface area contributed by atoms with Crippen LogP contribution in [0.15, 0.2) is 42.5 Å². The Kier molecular flexibility index (Phi) is 7.78. The van der Waals surface area contributed by atoms with Crippen LogP contribution >= 0.6 is 0 Å². The second kappa shape index (κ2) is 10.5. The third-order valence-corrected chi connectivity index (χ3v) is 5.51. The van der Waals surface area contributed by atoms with E-state index in [1.54, 1.807) is 25.1 Å². The van der Waals surface area contributed by atoms with Gasteiger partial charge in [0.05, 0.1) is 6.61 Å². The van der Waals surface area contributed by atoms with Gasteiger partial charge in [-0.3, -0.25) is 9.59 Å². The van der Waals surface area contributed by atoms with Crippen LogP contribution < -0.4 is 14.8 Å². The number of carbonyl (C=O) groups excluding carboxylic acids is 2. The van der Waals surface area contributed by atoms with Gasteiger partial charge >= 0.3 is 5.97 Å². The van der Waals surface area contributed by atoms with E-state index in [9.17, 15) is 9.59 Å². The molecular weight excluding hydrogens is 406 g/mol. The second-order valence-electron chi connectivity index (χ2n) is 9.02. The molecule has 0 bridgehead atoms. The van der Waals surface area contributed by atoms with Crippen LogP contribution in [0.4, 0.5) is 5.69 Å². The average molecular weight is 440 g/mol. The third-order valence-electron chi connectivity index (χ3n) is 5.51. The van der Waals surface area contributed by atoms with E-state index < -0.39 is 0 Å². The highest BCUT2D eigenvalue weighted by Gasteiger charge is 2.21. The summed E-state index contributed by atoms with van der Waals surface area (Å²) < 4.78 is 16.2. The highest BCUT2D eigenvalue weighted by Crippen LogP contribution is 2.33. The quantitative estimate of drug-likeness (QED) is 0.572. The van der Waals surface area contributed by atoms with Crippen molar-refractivity contribution in [3.05, 3.63) is 53.6 Å². The molecule has 1 N–H and O–H groups in total. The molecule has 2 aromatic rings. The normalized spacial score (nSPS) is 13.9. The number of ether oxygens (including phenoxy) is 3. The summed E-state index contributed by atoms with van der Waals surface area (Å²) in [6, 6.07) is 13.7. The zero-order valence-electron chi connectivity index (χ0n) is 19.4. The van der Waals surface area contributed by atoms with E-state index in [-0.39, 0.29) is 36.1 Å². The van der Waals surface area contributed by atoms with Gasteiger partial charge in [-0.1, -0.05) is 45.0 Å². The Bertz CT molecular complexity index is 930. The lowest BCUT2D eigenvalue weighted by Crippen LogP contribution is -2.18. The lowest BCUT2D eigenvalue weighted by Gasteiger charge is -2.22. The summed E-state index contributed by atoms with van der Waals surface area (Å²) in [4.78, 5) is 24.8. The number of anilines is 1. The van der Waals surface area contributed by atoms with Crippen LogP contribution in [0, 0.1) is 0 Å². The number of hydrogen-bond donors (Lipinski definition) is 1. The molecular formula is C26H33NO5. The molecule has 1 amide bonds. The molecule has 1 atom stereocenters. The first kappa shape index (κ1) is 23.6. The van der Waals surface area contributed by atoms with Gasteiger partial charge in [-0.15, -0.1) is 0 Å². The van der Waals surface area contributed by atoms with Gasteiger partial charge in [-0.25, -0.2) is 0 Å². The minimum absolute atomic E-state index is 0.0502. The second-order valence-corrected chi connectivity index (χ2v) is 9.02. The predicted octanol–water partition coefficient (Wildman–Crippen LogP) is 5.21. The van der Waals surface area contributed by atoms with Gasteiger partial charge in [0.1, 0.15) is 13.2 Å². The van der Waals surface area contributed by atoms with Crippen LogP contribution in [0.2, 0.25) is 0 Å². The molecule has 0 fully saturated rings. The van der Waals surface area contributed by atoms with Gasteiger partial charge in [0.2, 0.25) is 5.91 Å². The summed E-state index contributed by atoms with van der Waals surface area (Å²) >= 11 is 0. The number of carbonyl (C=O) groups is 2. The molecule has 6 nitrogen and oxygen atoms in total. The topological polar surface area (TPSA) is 73.9 Å². The van der Waals surface area contributed by atoms with Gasteiger partial charge in [-0.2, -0.15) is 0 Å². The molecule has 0 radical (unpaired) electrons. The first-order chi connectivity index (χ1) is 15.3. The maximum absolute atomic E-state index is 12.9. The average Bonchev–Trinajstić information content (AvgIpc) is 2.76. The predicted molar refractivity (Wildman–Crippen MR) is 124 cm³/mol. The van der Waals surface area contributed by atoms with E-state index in [4.69, 9.17) is 14.2 Å². The highest BCUT2D eigenvalue weighted by atomic mass is 16.6. The fourth-order valence-electron chi connectivity index (χ4n) is 3.72. The van der Waals surface area contributed by atoms with E-state index in [0.717, 1.165) is 5.56 Å². The van der Waals surface area contributed by atoms with E-state index in [1.165, 1.54) is 5.56 Å². The molecule has 0 spiro atoms. The molecule has 0 saturated carbocycles. The Morgan fingerprint density at radius 3 is 2.38 bits per heavy atom. The van der Waals surface area contributed by atoms with Gasteiger partial charge in [0.25, 0.3) is 0 Å². The van der Waals surface area contributed by atoms with Crippen molar-refractivity contribution in [1.29, 1.82) is 0 Å². The number of nitrogens with one attached hydrogen (secondary N) is 1. The molecule has 6 heteroatoms. The fourth-order valence-corrected chi connectivity index (χ4v) is 3.72. The number of amides is 1. The summed E-state index contributed by atoms with van der Waals surface area (Å²) in [7, 11) is 0. The van der Waals surface area contributed by atoms with Gasteiger partial charge < -0.3 is 19.5 Å². The Morgan fingerprint density at radius 2 is 1.72 bits per heavy atom. The first-order valence-corrected chi connectivity index (χ1v) is 11.2. The van der Waals surface area contributed by atoms with Crippen molar-refractivity contribution in [1.82, 2.24) is 0 Å². The van der Waals surface area contributed by atoms with E-state index in [0.29, 0.717) is 43.4 Å². The molecule has 1 aliphatic rings. The summed E-state index contributed by atoms with van der Waals surface area (Å²) in [5.74, 6) is 0.864. The van der Waals surface area contributed by atoms with E-state index >= 15 is 0 Å². The fraction of sp³-hybridized carbons (Fsp3) is 0.462. The summed E-state index contributed by atoms with van der Waals surface area (Å²) in [5, 5.41) is 2.95. The number of hydrogen-bond acceptors (Lipinski definition) is 5. The zero-order valence-corrected chi connectivity index (χ0v) is 19.4. The van der Waals surface area contributed by atoms with Crippen LogP contribution in [-0.2, 0) is 19.7 Å². The molecule has 3 rings (SSSR count). The van der Waals surface area contributed by atoms with Crippen LogP contribution in [0.25, 0.3) is 0 Å². The summed E-state index contributed by atoms with van der Waals surface area (Å²) in [6.45, 7) is 9.67. The number of fused-ring (bicyclic) bond motifs is 1. The van der Waals surface area contributed by atoms with Crippen molar-refractivity contribution in [3.8, 4) is 11.5 Å². The smallest absolute Gasteiger partial charge is 0.305 e. The summed E-state index contributed by atoms with van der Waals surface area (Å²) in [6.07, 6.45) is 1.09. The Morgan fingerprint density at radius 1 is 1.03 bits per heavy atom. The van der Waals surface area contributed by atoms with Crippen LogP contribution in [0.1, 0.15) is 64.0 Å². The number of esters is 1. The Hall–Kier alpha value is -3.02. The van der Waals surface area contributed by atoms with Gasteiger partial charge in [0.15, 0.2) is 11.5 Å². The van der Waals surface area contributed by atoms with Crippen molar-refractivity contribution >= 4 is 17.6 Å². The van der Waals surface area contributed by atoms with Crippen molar-refractivity contribution in [2.24, 2.45) is 0 Å². The van der Waals surface area contributed by atoms with Crippen molar-refractivity contribution < 1.29 is 23.8 Å². The Labute approximate surface area is 190 Å². The number of benzene rings is 2. The molecule has 1 unspecified atom stereocenters. The molecule has 32 heavy (non-hydrogen) atoms. The lowest BCUT2D eigenvalue weighted by atomic mass is 9.84. The molecule has 0 saturated heterocycles. The van der Waals surface area contributed by atoms with Gasteiger partial charge in [0, 0.05) is 24.6 Å². The SMILES string of the molecule is CCOC(=O)CCC(CC(=O)Nc1ccc2c(c1)OCCO2)c1ccc(C(C)(C)C)cc1. The standard InChI is InChI=1S/C26H33NO5/c1-5-30-25(29)13-8-19(18-6-9-20(10-7-18)26(2,3)4)16-24(28)27-21-11-12-22-23(17-21)32-15-14-31-22/h6-7,9-12,17,19H,5,8,13-16H2,1-4H3,(H,27,28). The molecule has 2 aromatic carbocycles. The van der Waals surface area contributed by atoms with E-state index in [1.807, 2.05) is 0 Å². The summed E-state index contributed by atoms with van der Waals surface area (Å²) in [5.41, 5.74) is 2.98. The van der Waals surface area contributed by atoms with Crippen molar-refractivity contribution in [2.75, 3.05) is 25.1 Å². The minimum Gasteiger partial charge on any atom is -0.486 e. The first-order valence-electron chi connectivity index (χ1n) is 11.2. The third kappa shape index (κ3) is 6.49. The maximum atomic E-state index is 12.9. The van der Waals surface area contributed by atoms with E-state index in [2.05, 4.69) is 50.4 Å². The molecule has 1 aliphatic heterocycles. The van der Waals surface area contributed by atoms with Gasteiger partial charge in [-0.05, 0) is 47.9 Å². The Balaban J connectivity index is 1.71. The molecule has 1 heterocycles. The zero-order chi connectivity index (χ0) is 23.1. The van der Waals surface area contributed by atoms with Crippen molar-refractivity contribution in [2.45, 2.75) is 58.3 Å². The van der Waals surface area contributed by atoms with Crippen LogP contribution in [0.3, 0.4) is 0 Å². The number of rotatable bonds is 8. The largest absolute Gasteiger partial charge is 0.486 e.